The maximum absolute atomic E-state index is 5.64. The van der Waals surface area contributed by atoms with Gasteiger partial charge in [-0.05, 0) is 36.2 Å². The van der Waals surface area contributed by atoms with Crippen molar-refractivity contribution in [3.8, 4) is 17.0 Å². The number of rotatable bonds is 3. The Balaban J connectivity index is 2.13. The number of benzene rings is 1. The number of methoxy groups -OCH3 is 1. The van der Waals surface area contributed by atoms with Crippen LogP contribution in [-0.2, 0) is 6.54 Å². The minimum Gasteiger partial charge on any atom is -0.496 e. The third-order valence-electron chi connectivity index (χ3n) is 3.16. The molecule has 0 atom stereocenters. The Morgan fingerprint density at radius 2 is 2.26 bits per heavy atom. The molecule has 0 saturated heterocycles. The van der Waals surface area contributed by atoms with E-state index in [9.17, 15) is 0 Å². The van der Waals surface area contributed by atoms with E-state index in [0.717, 1.165) is 33.2 Å². The summed E-state index contributed by atoms with van der Waals surface area (Å²) in [6, 6.07) is 6.19. The molecule has 0 radical (unpaired) electrons. The van der Waals surface area contributed by atoms with Crippen LogP contribution in [0.4, 0.5) is 0 Å². The molecule has 0 aliphatic heterocycles. The van der Waals surface area contributed by atoms with Crippen LogP contribution in [0.15, 0.2) is 29.8 Å². The second-order valence-electron chi connectivity index (χ2n) is 4.39. The van der Waals surface area contributed by atoms with Gasteiger partial charge in [0.25, 0.3) is 0 Å². The predicted octanol–water partition coefficient (Wildman–Crippen LogP) is 2.84. The molecule has 0 spiro atoms. The van der Waals surface area contributed by atoms with E-state index in [1.54, 1.807) is 18.4 Å². The Morgan fingerprint density at radius 3 is 2.95 bits per heavy atom. The summed E-state index contributed by atoms with van der Waals surface area (Å²) in [4.78, 5) is 5.44. The lowest BCUT2D eigenvalue weighted by Gasteiger charge is -2.06. The highest BCUT2D eigenvalue weighted by molar-refractivity contribution is 7.15. The molecule has 0 amide bonds. The van der Waals surface area contributed by atoms with Crippen LogP contribution in [0.5, 0.6) is 5.75 Å². The molecule has 3 rings (SSSR count). The van der Waals surface area contributed by atoms with E-state index >= 15 is 0 Å². The van der Waals surface area contributed by atoms with Crippen molar-refractivity contribution in [1.29, 1.82) is 0 Å². The summed E-state index contributed by atoms with van der Waals surface area (Å²) >= 11 is 1.63. The maximum atomic E-state index is 5.64. The Hall–Kier alpha value is -1.85. The summed E-state index contributed by atoms with van der Waals surface area (Å²) < 4.78 is 7.38. The predicted molar refractivity (Wildman–Crippen MR) is 77.7 cm³/mol. The third-order valence-corrected chi connectivity index (χ3v) is 4.00. The Labute approximate surface area is 115 Å². The van der Waals surface area contributed by atoms with E-state index < -0.39 is 0 Å². The summed E-state index contributed by atoms with van der Waals surface area (Å²) in [5, 5.41) is 2.11. The smallest absolute Gasteiger partial charge is 0.194 e. The van der Waals surface area contributed by atoms with Crippen LogP contribution < -0.4 is 10.5 Å². The normalized spacial score (nSPS) is 11.1. The van der Waals surface area contributed by atoms with E-state index in [-0.39, 0.29) is 0 Å². The Bertz CT molecular complexity index is 729. The molecule has 19 heavy (non-hydrogen) atoms. The van der Waals surface area contributed by atoms with E-state index in [4.69, 9.17) is 10.5 Å². The largest absolute Gasteiger partial charge is 0.496 e. The van der Waals surface area contributed by atoms with Gasteiger partial charge in [0.2, 0.25) is 0 Å². The fraction of sp³-hybridized carbons (Fsp3) is 0.214. The highest BCUT2D eigenvalue weighted by atomic mass is 32.1. The van der Waals surface area contributed by atoms with Crippen molar-refractivity contribution in [2.45, 2.75) is 13.5 Å². The van der Waals surface area contributed by atoms with E-state index in [1.807, 2.05) is 19.2 Å². The van der Waals surface area contributed by atoms with Crippen LogP contribution >= 0.6 is 11.3 Å². The molecule has 0 aliphatic rings. The zero-order chi connectivity index (χ0) is 13.4. The van der Waals surface area contributed by atoms with Crippen molar-refractivity contribution in [2.75, 3.05) is 7.11 Å². The first-order chi connectivity index (χ1) is 9.22. The summed E-state index contributed by atoms with van der Waals surface area (Å²) in [6.07, 6.45) is 2.00. The molecular weight excluding hydrogens is 258 g/mol. The molecule has 4 nitrogen and oxygen atoms in total. The summed E-state index contributed by atoms with van der Waals surface area (Å²) in [5.74, 6) is 0.906. The van der Waals surface area contributed by atoms with E-state index in [0.29, 0.717) is 6.54 Å². The monoisotopic (exact) mass is 273 g/mol. The second-order valence-corrected chi connectivity index (χ2v) is 5.23. The summed E-state index contributed by atoms with van der Waals surface area (Å²) in [5.41, 5.74) is 9.97. The Morgan fingerprint density at radius 1 is 1.42 bits per heavy atom. The minimum absolute atomic E-state index is 0.468. The lowest BCUT2D eigenvalue weighted by Crippen LogP contribution is -1.95. The highest BCUT2D eigenvalue weighted by Gasteiger charge is 2.10. The first-order valence-corrected chi connectivity index (χ1v) is 6.91. The first kappa shape index (κ1) is 12.2. The highest BCUT2D eigenvalue weighted by Crippen LogP contribution is 2.29. The van der Waals surface area contributed by atoms with Crippen molar-refractivity contribution in [2.24, 2.45) is 5.73 Å². The van der Waals surface area contributed by atoms with Crippen molar-refractivity contribution in [3.63, 3.8) is 0 Å². The lowest BCUT2D eigenvalue weighted by atomic mass is 10.1. The molecule has 0 unspecified atom stereocenters. The van der Waals surface area contributed by atoms with Crippen molar-refractivity contribution in [1.82, 2.24) is 9.38 Å². The average Bonchev–Trinajstić information content (AvgIpc) is 2.97. The first-order valence-electron chi connectivity index (χ1n) is 6.03. The van der Waals surface area contributed by atoms with Gasteiger partial charge in [-0.1, -0.05) is 0 Å². The standard InChI is InChI=1S/C14H15N3OS/c1-9-5-10(3-4-13(9)18-2)12-8-19-14-16-11(6-15)7-17(12)14/h3-5,7-8H,6,15H2,1-2H3. The van der Waals surface area contributed by atoms with Gasteiger partial charge in [0.05, 0.1) is 18.5 Å². The fourth-order valence-electron chi connectivity index (χ4n) is 2.17. The molecule has 3 aromatic rings. The van der Waals surface area contributed by atoms with Crippen molar-refractivity contribution < 1.29 is 4.74 Å². The Kier molecular flexibility index (Phi) is 3.00. The van der Waals surface area contributed by atoms with Crippen LogP contribution in [0.25, 0.3) is 16.2 Å². The van der Waals surface area contributed by atoms with Gasteiger partial charge in [-0.15, -0.1) is 11.3 Å². The number of hydrogen-bond acceptors (Lipinski definition) is 4. The van der Waals surface area contributed by atoms with Crippen LogP contribution in [0.3, 0.4) is 0 Å². The number of aromatic nitrogens is 2. The van der Waals surface area contributed by atoms with Gasteiger partial charge in [0.1, 0.15) is 5.75 Å². The molecule has 0 aliphatic carbocycles. The molecule has 0 bridgehead atoms. The van der Waals surface area contributed by atoms with Crippen LogP contribution in [0.1, 0.15) is 11.3 Å². The zero-order valence-corrected chi connectivity index (χ0v) is 11.7. The van der Waals surface area contributed by atoms with Gasteiger partial charge in [0, 0.05) is 18.1 Å². The molecule has 2 aromatic heterocycles. The number of hydrogen-bond donors (Lipinski definition) is 1. The molecule has 0 saturated carbocycles. The van der Waals surface area contributed by atoms with Gasteiger partial charge in [-0.25, -0.2) is 4.98 Å². The average molecular weight is 273 g/mol. The molecule has 1 aromatic carbocycles. The number of aryl methyl sites for hydroxylation is 1. The van der Waals surface area contributed by atoms with Crippen molar-refractivity contribution >= 4 is 16.3 Å². The lowest BCUT2D eigenvalue weighted by molar-refractivity contribution is 0.412. The summed E-state index contributed by atoms with van der Waals surface area (Å²) in [7, 11) is 1.69. The van der Waals surface area contributed by atoms with Crippen LogP contribution in [-0.4, -0.2) is 16.5 Å². The van der Waals surface area contributed by atoms with Crippen molar-refractivity contribution in [3.05, 3.63) is 41.0 Å². The summed E-state index contributed by atoms with van der Waals surface area (Å²) in [6.45, 7) is 2.51. The van der Waals surface area contributed by atoms with Crippen LogP contribution in [0, 0.1) is 6.92 Å². The number of ether oxygens (including phenoxy) is 1. The van der Waals surface area contributed by atoms with E-state index in [2.05, 4.69) is 26.9 Å². The topological polar surface area (TPSA) is 52.5 Å². The molecule has 0 fully saturated rings. The zero-order valence-electron chi connectivity index (χ0n) is 10.9. The molecule has 2 heterocycles. The third kappa shape index (κ3) is 2.01. The fourth-order valence-corrected chi connectivity index (χ4v) is 3.08. The van der Waals surface area contributed by atoms with E-state index in [1.165, 1.54) is 0 Å². The van der Waals surface area contributed by atoms with Crippen LogP contribution in [0.2, 0.25) is 0 Å². The number of imidazole rings is 1. The molecule has 5 heteroatoms. The van der Waals surface area contributed by atoms with Gasteiger partial charge in [0.15, 0.2) is 4.96 Å². The number of thiazole rings is 1. The molecular formula is C14H15N3OS. The maximum Gasteiger partial charge on any atom is 0.194 e. The molecule has 2 N–H and O–H groups in total. The number of fused-ring (bicyclic) bond motifs is 1. The molecule has 98 valence electrons. The minimum atomic E-state index is 0.468. The quantitative estimate of drug-likeness (QED) is 0.798. The van der Waals surface area contributed by atoms with Gasteiger partial charge in [-0.2, -0.15) is 0 Å². The SMILES string of the molecule is COc1ccc(-c2csc3nc(CN)cn23)cc1C. The second kappa shape index (κ2) is 4.68. The van der Waals surface area contributed by atoms with Gasteiger partial charge in [-0.3, -0.25) is 4.40 Å². The van der Waals surface area contributed by atoms with Gasteiger partial charge >= 0.3 is 0 Å². The van der Waals surface area contributed by atoms with Gasteiger partial charge < -0.3 is 10.5 Å². The number of nitrogens with zero attached hydrogens (tertiary/aromatic N) is 2. The number of nitrogens with two attached hydrogens (primary N) is 1.